The van der Waals surface area contributed by atoms with E-state index in [-0.39, 0.29) is 5.82 Å². The molecule has 0 aliphatic heterocycles. The molecule has 2 aromatic carbocycles. The summed E-state index contributed by atoms with van der Waals surface area (Å²) in [5.41, 5.74) is 7.80. The van der Waals surface area contributed by atoms with Gasteiger partial charge in [0.15, 0.2) is 0 Å². The Balaban J connectivity index is 2.32. The lowest BCUT2D eigenvalue weighted by molar-refractivity contribution is 0.108. The van der Waals surface area contributed by atoms with Crippen LogP contribution < -0.4 is 10.5 Å². The van der Waals surface area contributed by atoms with Crippen LogP contribution in [-0.4, -0.2) is 0 Å². The number of halogens is 1. The third-order valence-corrected chi connectivity index (χ3v) is 3.35. The van der Waals surface area contributed by atoms with E-state index >= 15 is 0 Å². The summed E-state index contributed by atoms with van der Waals surface area (Å²) in [6.45, 7) is 5.98. The van der Waals surface area contributed by atoms with E-state index in [2.05, 4.69) is 0 Å². The molecule has 0 unspecified atom stereocenters. The molecule has 0 amide bonds. The number of benzene rings is 2. The van der Waals surface area contributed by atoms with E-state index in [9.17, 15) is 4.39 Å². The normalized spacial score (nSPS) is 11.4. The third-order valence-electron chi connectivity index (χ3n) is 3.35. The van der Waals surface area contributed by atoms with Gasteiger partial charge in [-0.15, -0.1) is 0 Å². The van der Waals surface area contributed by atoms with Crippen LogP contribution in [0, 0.1) is 5.82 Å². The molecule has 2 aromatic rings. The Morgan fingerprint density at radius 2 is 1.75 bits per heavy atom. The number of aryl methyl sites for hydroxylation is 1. The smallest absolute Gasteiger partial charge is 0.129 e. The molecule has 2 N–H and O–H groups in total. The largest absolute Gasteiger partial charge is 0.483 e. The molecule has 3 heteroatoms. The van der Waals surface area contributed by atoms with E-state index in [1.807, 2.05) is 32.9 Å². The molecule has 0 saturated carbocycles. The van der Waals surface area contributed by atoms with Gasteiger partial charge < -0.3 is 10.5 Å². The summed E-state index contributed by atoms with van der Waals surface area (Å²) in [6.07, 6.45) is 0.765. The molecule has 0 atom stereocenters. The number of rotatable bonds is 4. The summed E-state index contributed by atoms with van der Waals surface area (Å²) >= 11 is 0. The zero-order valence-corrected chi connectivity index (χ0v) is 12.1. The van der Waals surface area contributed by atoms with Crippen molar-refractivity contribution in [1.82, 2.24) is 0 Å². The topological polar surface area (TPSA) is 35.2 Å². The van der Waals surface area contributed by atoms with Gasteiger partial charge in [0.05, 0.1) is 0 Å². The Morgan fingerprint density at radius 1 is 1.10 bits per heavy atom. The number of nitrogens with two attached hydrogens (primary N) is 1. The molecule has 0 aliphatic rings. The second kappa shape index (κ2) is 5.53. The van der Waals surface area contributed by atoms with Gasteiger partial charge in [-0.2, -0.15) is 0 Å². The molecule has 2 rings (SSSR count). The van der Waals surface area contributed by atoms with Crippen molar-refractivity contribution in [3.63, 3.8) is 0 Å². The number of anilines is 1. The second-order valence-corrected chi connectivity index (χ2v) is 5.34. The van der Waals surface area contributed by atoms with Crippen molar-refractivity contribution >= 4 is 5.69 Å². The van der Waals surface area contributed by atoms with Crippen molar-refractivity contribution in [3.05, 3.63) is 59.4 Å². The van der Waals surface area contributed by atoms with E-state index < -0.39 is 5.60 Å². The molecule has 0 radical (unpaired) electrons. The molecule has 0 aromatic heterocycles. The quantitative estimate of drug-likeness (QED) is 0.844. The Hall–Kier alpha value is -2.03. The SMILES string of the molecule is CCc1cc(F)ccc1C(C)(C)Oc1ccc(N)cc1. The maximum Gasteiger partial charge on any atom is 0.129 e. The second-order valence-electron chi connectivity index (χ2n) is 5.34. The standard InChI is InChI=1S/C17H20FNO/c1-4-12-11-13(18)5-10-16(12)17(2,3)20-15-8-6-14(19)7-9-15/h5-11H,4,19H2,1-3H3. The monoisotopic (exact) mass is 273 g/mol. The molecular formula is C17H20FNO. The van der Waals surface area contributed by atoms with Gasteiger partial charge >= 0.3 is 0 Å². The Bertz CT molecular complexity index is 590. The minimum atomic E-state index is -0.533. The van der Waals surface area contributed by atoms with Crippen molar-refractivity contribution in [3.8, 4) is 5.75 Å². The van der Waals surface area contributed by atoms with Crippen molar-refractivity contribution in [1.29, 1.82) is 0 Å². The van der Waals surface area contributed by atoms with Crippen LogP contribution in [0.2, 0.25) is 0 Å². The van der Waals surface area contributed by atoms with Crippen LogP contribution >= 0.6 is 0 Å². The fourth-order valence-corrected chi connectivity index (χ4v) is 2.33. The zero-order chi connectivity index (χ0) is 14.8. The van der Waals surface area contributed by atoms with Crippen LogP contribution in [-0.2, 0) is 12.0 Å². The number of nitrogen functional groups attached to an aromatic ring is 1. The summed E-state index contributed by atoms with van der Waals surface area (Å²) in [5.74, 6) is 0.532. The Morgan fingerprint density at radius 3 is 2.35 bits per heavy atom. The highest BCUT2D eigenvalue weighted by molar-refractivity contribution is 5.42. The average molecular weight is 273 g/mol. The van der Waals surface area contributed by atoms with Crippen LogP contribution in [0.1, 0.15) is 31.9 Å². The van der Waals surface area contributed by atoms with Crippen LogP contribution in [0.4, 0.5) is 10.1 Å². The molecule has 0 saturated heterocycles. The zero-order valence-electron chi connectivity index (χ0n) is 12.1. The maximum absolute atomic E-state index is 13.3. The predicted molar refractivity (Wildman–Crippen MR) is 80.3 cm³/mol. The first-order chi connectivity index (χ1) is 9.42. The molecule has 106 valence electrons. The van der Waals surface area contributed by atoms with Crippen LogP contribution in [0.25, 0.3) is 0 Å². The third kappa shape index (κ3) is 3.10. The number of ether oxygens (including phenoxy) is 1. The van der Waals surface area contributed by atoms with Gasteiger partial charge in [-0.05, 0) is 67.8 Å². The van der Waals surface area contributed by atoms with E-state index in [4.69, 9.17) is 10.5 Å². The van der Waals surface area contributed by atoms with Crippen LogP contribution in [0.15, 0.2) is 42.5 Å². The maximum atomic E-state index is 13.3. The van der Waals surface area contributed by atoms with Crippen LogP contribution in [0.5, 0.6) is 5.75 Å². The Labute approximate surface area is 119 Å². The van der Waals surface area contributed by atoms with Crippen molar-refractivity contribution in [2.45, 2.75) is 32.8 Å². The van der Waals surface area contributed by atoms with Gasteiger partial charge in [0.2, 0.25) is 0 Å². The van der Waals surface area contributed by atoms with E-state index in [1.165, 1.54) is 6.07 Å². The molecule has 0 spiro atoms. The van der Waals surface area contributed by atoms with Gasteiger partial charge in [0.25, 0.3) is 0 Å². The van der Waals surface area contributed by atoms with Crippen molar-refractivity contribution in [2.75, 3.05) is 5.73 Å². The molecule has 0 heterocycles. The number of hydrogen-bond donors (Lipinski definition) is 1. The summed E-state index contributed by atoms with van der Waals surface area (Å²) in [5, 5.41) is 0. The molecule has 0 fully saturated rings. The summed E-state index contributed by atoms with van der Waals surface area (Å²) in [4.78, 5) is 0. The first-order valence-electron chi connectivity index (χ1n) is 6.76. The fourth-order valence-electron chi connectivity index (χ4n) is 2.33. The summed E-state index contributed by atoms with van der Waals surface area (Å²) < 4.78 is 19.4. The van der Waals surface area contributed by atoms with Crippen molar-refractivity contribution < 1.29 is 9.13 Å². The van der Waals surface area contributed by atoms with Gasteiger partial charge in [-0.3, -0.25) is 0 Å². The molecular weight excluding hydrogens is 253 g/mol. The average Bonchev–Trinajstić information content (AvgIpc) is 2.40. The first-order valence-corrected chi connectivity index (χ1v) is 6.76. The Kier molecular flexibility index (Phi) is 3.98. The highest BCUT2D eigenvalue weighted by atomic mass is 19.1. The lowest BCUT2D eigenvalue weighted by atomic mass is 9.91. The summed E-state index contributed by atoms with van der Waals surface area (Å²) in [7, 11) is 0. The minimum absolute atomic E-state index is 0.214. The molecule has 20 heavy (non-hydrogen) atoms. The molecule has 0 aliphatic carbocycles. The minimum Gasteiger partial charge on any atom is -0.483 e. The molecule has 2 nitrogen and oxygen atoms in total. The molecule has 0 bridgehead atoms. The van der Waals surface area contributed by atoms with Gasteiger partial charge in [-0.25, -0.2) is 4.39 Å². The van der Waals surface area contributed by atoms with E-state index in [0.29, 0.717) is 5.69 Å². The first kappa shape index (κ1) is 14.4. The van der Waals surface area contributed by atoms with E-state index in [0.717, 1.165) is 23.3 Å². The lowest BCUT2D eigenvalue weighted by Crippen LogP contribution is -2.27. The highest BCUT2D eigenvalue weighted by Gasteiger charge is 2.25. The predicted octanol–water partition coefficient (Wildman–Crippen LogP) is 4.28. The van der Waals surface area contributed by atoms with Crippen molar-refractivity contribution in [2.24, 2.45) is 0 Å². The number of hydrogen-bond acceptors (Lipinski definition) is 2. The lowest BCUT2D eigenvalue weighted by Gasteiger charge is -2.29. The highest BCUT2D eigenvalue weighted by Crippen LogP contribution is 2.31. The van der Waals surface area contributed by atoms with Gasteiger partial charge in [0.1, 0.15) is 17.2 Å². The summed E-state index contributed by atoms with van der Waals surface area (Å²) in [6, 6.07) is 12.1. The fraction of sp³-hybridized carbons (Fsp3) is 0.294. The van der Waals surface area contributed by atoms with Crippen LogP contribution in [0.3, 0.4) is 0 Å². The van der Waals surface area contributed by atoms with Gasteiger partial charge in [0, 0.05) is 5.69 Å². The van der Waals surface area contributed by atoms with E-state index in [1.54, 1.807) is 24.3 Å². The van der Waals surface area contributed by atoms with Gasteiger partial charge in [-0.1, -0.05) is 13.0 Å².